The van der Waals surface area contributed by atoms with Crippen molar-refractivity contribution < 1.29 is 5.11 Å². The minimum atomic E-state index is 0.0127. The molecule has 1 N–H and O–H groups in total. The van der Waals surface area contributed by atoms with Gasteiger partial charge in [0.2, 0.25) is 0 Å². The second-order valence-corrected chi connectivity index (χ2v) is 2.93. The molecule has 2 unspecified atom stereocenters. The van der Waals surface area contributed by atoms with Gasteiger partial charge in [0.1, 0.15) is 0 Å². The summed E-state index contributed by atoms with van der Waals surface area (Å²) in [5, 5.41) is 9.08. The van der Waals surface area contributed by atoms with E-state index in [-0.39, 0.29) is 6.10 Å². The van der Waals surface area contributed by atoms with Crippen molar-refractivity contribution in [1.29, 1.82) is 0 Å². The first-order valence-corrected chi connectivity index (χ1v) is 3.97. The van der Waals surface area contributed by atoms with Crippen LogP contribution in [0, 0.1) is 5.92 Å². The molecule has 1 saturated carbocycles. The van der Waals surface area contributed by atoms with Crippen LogP contribution in [0.1, 0.15) is 32.6 Å². The molecule has 1 nitrogen and oxygen atoms in total. The van der Waals surface area contributed by atoms with Crippen molar-refractivity contribution in [2.24, 2.45) is 5.92 Å². The average Bonchev–Trinajstić information content (AvgIpc) is 1.91. The Bertz CT molecular complexity index is 72.8. The van der Waals surface area contributed by atoms with Crippen LogP contribution in [0.5, 0.6) is 0 Å². The molecule has 10 heavy (non-hydrogen) atoms. The zero-order valence-corrected chi connectivity index (χ0v) is 6.84. The summed E-state index contributed by atoms with van der Waals surface area (Å²) in [5.74, 6) is 0.763. The van der Waals surface area contributed by atoms with E-state index in [4.69, 9.17) is 5.11 Å². The SMILES string of the molecule is C=C.CC1CCCC(O)C1. The van der Waals surface area contributed by atoms with E-state index in [9.17, 15) is 0 Å². The third kappa shape index (κ3) is 3.67. The maximum atomic E-state index is 9.08. The summed E-state index contributed by atoms with van der Waals surface area (Å²) in [6.07, 6.45) is 4.61. The van der Waals surface area contributed by atoms with Crippen molar-refractivity contribution in [3.05, 3.63) is 13.2 Å². The van der Waals surface area contributed by atoms with Crippen molar-refractivity contribution in [3.63, 3.8) is 0 Å². The van der Waals surface area contributed by atoms with E-state index in [0.29, 0.717) is 0 Å². The zero-order valence-electron chi connectivity index (χ0n) is 6.84. The molecule has 1 heteroatoms. The molecule has 1 fully saturated rings. The van der Waals surface area contributed by atoms with E-state index in [1.807, 2.05) is 0 Å². The van der Waals surface area contributed by atoms with Crippen molar-refractivity contribution in [1.82, 2.24) is 0 Å². The quantitative estimate of drug-likeness (QED) is 0.515. The van der Waals surface area contributed by atoms with E-state index in [0.717, 1.165) is 18.8 Å². The highest BCUT2D eigenvalue weighted by molar-refractivity contribution is 4.67. The van der Waals surface area contributed by atoms with Gasteiger partial charge < -0.3 is 5.11 Å². The average molecular weight is 142 g/mol. The number of rotatable bonds is 0. The number of hydrogen-bond acceptors (Lipinski definition) is 1. The van der Waals surface area contributed by atoms with Crippen molar-refractivity contribution >= 4 is 0 Å². The lowest BCUT2D eigenvalue weighted by molar-refractivity contribution is 0.106. The van der Waals surface area contributed by atoms with Crippen molar-refractivity contribution in [2.75, 3.05) is 0 Å². The minimum absolute atomic E-state index is 0.0127. The second kappa shape index (κ2) is 5.48. The molecule has 60 valence electrons. The Morgan fingerprint density at radius 2 is 1.90 bits per heavy atom. The monoisotopic (exact) mass is 142 g/mol. The molecule has 0 saturated heterocycles. The fraction of sp³-hybridized carbons (Fsp3) is 0.778. The number of aliphatic hydroxyl groups is 1. The Kier molecular flexibility index (Phi) is 5.32. The lowest BCUT2D eigenvalue weighted by Gasteiger charge is -2.21. The first kappa shape index (κ1) is 9.70. The third-order valence-corrected chi connectivity index (χ3v) is 1.91. The summed E-state index contributed by atoms with van der Waals surface area (Å²) in [7, 11) is 0. The van der Waals surface area contributed by atoms with Gasteiger partial charge in [-0.1, -0.05) is 19.8 Å². The first-order valence-electron chi connectivity index (χ1n) is 3.97. The highest BCUT2D eigenvalue weighted by Gasteiger charge is 2.15. The predicted octanol–water partition coefficient (Wildman–Crippen LogP) is 2.36. The Balaban J connectivity index is 0.000000371. The lowest BCUT2D eigenvalue weighted by Crippen LogP contribution is -2.16. The molecule has 0 heterocycles. The zero-order chi connectivity index (χ0) is 7.98. The molecular formula is C9H18O. The molecule has 1 aliphatic rings. The van der Waals surface area contributed by atoms with E-state index >= 15 is 0 Å². The standard InChI is InChI=1S/C7H14O.C2H4/c1-6-3-2-4-7(8)5-6;1-2/h6-8H,2-5H2,1H3;1-2H2. The lowest BCUT2D eigenvalue weighted by atomic mass is 9.89. The van der Waals surface area contributed by atoms with Crippen LogP contribution in [0.15, 0.2) is 13.2 Å². The van der Waals surface area contributed by atoms with Crippen LogP contribution in [0.4, 0.5) is 0 Å². The molecule has 0 aromatic carbocycles. The van der Waals surface area contributed by atoms with Gasteiger partial charge in [-0.2, -0.15) is 0 Å². The fourth-order valence-electron chi connectivity index (χ4n) is 1.40. The summed E-state index contributed by atoms with van der Waals surface area (Å²) in [5.41, 5.74) is 0. The molecule has 2 atom stereocenters. The predicted molar refractivity (Wildman–Crippen MR) is 44.9 cm³/mol. The van der Waals surface area contributed by atoms with Gasteiger partial charge in [0, 0.05) is 0 Å². The normalized spacial score (nSPS) is 32.2. The van der Waals surface area contributed by atoms with E-state index in [2.05, 4.69) is 20.1 Å². The van der Waals surface area contributed by atoms with Crippen LogP contribution in [0.3, 0.4) is 0 Å². The van der Waals surface area contributed by atoms with Gasteiger partial charge in [-0.3, -0.25) is 0 Å². The van der Waals surface area contributed by atoms with Gasteiger partial charge >= 0.3 is 0 Å². The molecular weight excluding hydrogens is 124 g/mol. The highest BCUT2D eigenvalue weighted by Crippen LogP contribution is 2.22. The summed E-state index contributed by atoms with van der Waals surface area (Å²) in [6, 6.07) is 0. The van der Waals surface area contributed by atoms with Crippen molar-refractivity contribution in [3.8, 4) is 0 Å². The Hall–Kier alpha value is -0.300. The van der Waals surface area contributed by atoms with Crippen LogP contribution >= 0.6 is 0 Å². The number of aliphatic hydroxyl groups excluding tert-OH is 1. The molecule has 0 aromatic heterocycles. The molecule has 0 aliphatic heterocycles. The number of hydrogen-bond donors (Lipinski definition) is 1. The molecule has 0 bridgehead atoms. The molecule has 0 spiro atoms. The second-order valence-electron chi connectivity index (χ2n) is 2.93. The third-order valence-electron chi connectivity index (χ3n) is 1.91. The van der Waals surface area contributed by atoms with E-state index in [1.54, 1.807) is 0 Å². The van der Waals surface area contributed by atoms with Crippen LogP contribution in [-0.2, 0) is 0 Å². The smallest absolute Gasteiger partial charge is 0.0542 e. The Labute approximate surface area is 63.8 Å². The molecule has 0 amide bonds. The topological polar surface area (TPSA) is 20.2 Å². The molecule has 0 radical (unpaired) electrons. The van der Waals surface area contributed by atoms with Crippen LogP contribution in [-0.4, -0.2) is 11.2 Å². The van der Waals surface area contributed by atoms with Crippen LogP contribution in [0.2, 0.25) is 0 Å². The fourth-order valence-corrected chi connectivity index (χ4v) is 1.40. The van der Waals surface area contributed by atoms with Gasteiger partial charge in [0.25, 0.3) is 0 Å². The largest absolute Gasteiger partial charge is 0.393 e. The van der Waals surface area contributed by atoms with Crippen LogP contribution < -0.4 is 0 Å². The Morgan fingerprint density at radius 3 is 2.20 bits per heavy atom. The van der Waals surface area contributed by atoms with Crippen molar-refractivity contribution in [2.45, 2.75) is 38.7 Å². The van der Waals surface area contributed by atoms with Gasteiger partial charge in [-0.05, 0) is 18.8 Å². The summed E-state index contributed by atoms with van der Waals surface area (Å²) >= 11 is 0. The molecule has 0 aromatic rings. The summed E-state index contributed by atoms with van der Waals surface area (Å²) < 4.78 is 0. The maximum Gasteiger partial charge on any atom is 0.0542 e. The summed E-state index contributed by atoms with van der Waals surface area (Å²) in [4.78, 5) is 0. The Morgan fingerprint density at radius 1 is 1.30 bits per heavy atom. The maximum absolute atomic E-state index is 9.08. The molecule has 1 rings (SSSR count). The van der Waals surface area contributed by atoms with E-state index in [1.165, 1.54) is 12.8 Å². The van der Waals surface area contributed by atoms with Gasteiger partial charge in [-0.25, -0.2) is 0 Å². The first-order chi connectivity index (χ1) is 4.79. The summed E-state index contributed by atoms with van der Waals surface area (Å²) in [6.45, 7) is 8.21. The van der Waals surface area contributed by atoms with E-state index < -0.39 is 0 Å². The van der Waals surface area contributed by atoms with Gasteiger partial charge in [0.05, 0.1) is 6.10 Å². The van der Waals surface area contributed by atoms with Gasteiger partial charge in [-0.15, -0.1) is 13.2 Å². The molecule has 1 aliphatic carbocycles. The minimum Gasteiger partial charge on any atom is -0.393 e. The van der Waals surface area contributed by atoms with Gasteiger partial charge in [0.15, 0.2) is 0 Å². The highest BCUT2D eigenvalue weighted by atomic mass is 16.3. The van der Waals surface area contributed by atoms with Crippen LogP contribution in [0.25, 0.3) is 0 Å².